The van der Waals surface area contributed by atoms with Crippen LogP contribution in [0.3, 0.4) is 0 Å². The summed E-state index contributed by atoms with van der Waals surface area (Å²) < 4.78 is 15.2. The highest BCUT2D eigenvalue weighted by Crippen LogP contribution is 2.25. The summed E-state index contributed by atoms with van der Waals surface area (Å²) >= 11 is 0. The number of benzene rings is 1. The summed E-state index contributed by atoms with van der Waals surface area (Å²) in [5.74, 6) is -1.42. The fraction of sp³-hybridized carbons (Fsp3) is 0.412. The van der Waals surface area contributed by atoms with Crippen molar-refractivity contribution < 1.29 is 39.1 Å². The number of rotatable bonds is 4. The number of phenolic OH excluding ortho intramolecular Hbond substituents is 1. The Labute approximate surface area is 144 Å². The summed E-state index contributed by atoms with van der Waals surface area (Å²) in [4.78, 5) is 23.2. The Morgan fingerprint density at radius 1 is 1.12 bits per heavy atom. The van der Waals surface area contributed by atoms with Gasteiger partial charge in [-0.05, 0) is 30.7 Å². The quantitative estimate of drug-likeness (QED) is 0.524. The van der Waals surface area contributed by atoms with E-state index in [2.05, 4.69) is 0 Å². The molecule has 0 unspecified atom stereocenters. The van der Waals surface area contributed by atoms with Crippen molar-refractivity contribution in [3.05, 3.63) is 35.9 Å². The minimum Gasteiger partial charge on any atom is -0.508 e. The average molecular weight is 352 g/mol. The molecule has 3 N–H and O–H groups in total. The molecule has 25 heavy (non-hydrogen) atoms. The molecule has 1 aromatic rings. The molecule has 0 saturated carbocycles. The second-order valence-electron chi connectivity index (χ2n) is 5.62. The minimum atomic E-state index is -1.55. The third-order valence-electron chi connectivity index (χ3n) is 3.64. The van der Waals surface area contributed by atoms with Gasteiger partial charge in [0.2, 0.25) is 0 Å². The molecule has 8 heteroatoms. The van der Waals surface area contributed by atoms with Crippen molar-refractivity contribution in [2.24, 2.45) is 0 Å². The Bertz CT molecular complexity index is 639. The summed E-state index contributed by atoms with van der Waals surface area (Å²) in [5, 5.41) is 29.2. The van der Waals surface area contributed by atoms with Crippen molar-refractivity contribution in [1.82, 2.24) is 0 Å². The third-order valence-corrected chi connectivity index (χ3v) is 3.64. The van der Waals surface area contributed by atoms with Crippen LogP contribution >= 0.6 is 0 Å². The predicted octanol–water partition coefficient (Wildman–Crippen LogP) is 0.347. The van der Waals surface area contributed by atoms with Gasteiger partial charge in [-0.3, -0.25) is 4.79 Å². The maximum atomic E-state index is 12.0. The van der Waals surface area contributed by atoms with Gasteiger partial charge in [0, 0.05) is 13.0 Å². The zero-order chi connectivity index (χ0) is 18.6. The Morgan fingerprint density at radius 3 is 2.36 bits per heavy atom. The fourth-order valence-electron chi connectivity index (χ4n) is 2.38. The van der Waals surface area contributed by atoms with Crippen LogP contribution in [0.2, 0.25) is 0 Å². The summed E-state index contributed by atoms with van der Waals surface area (Å²) in [7, 11) is 0. The van der Waals surface area contributed by atoms with Crippen molar-refractivity contribution in [2.75, 3.05) is 0 Å². The van der Waals surface area contributed by atoms with E-state index >= 15 is 0 Å². The smallest absolute Gasteiger partial charge is 0.331 e. The number of aliphatic hydroxyl groups is 2. The number of carbonyl (C=O) groups excluding carboxylic acids is 2. The number of hydrogen-bond acceptors (Lipinski definition) is 8. The monoisotopic (exact) mass is 352 g/mol. The maximum absolute atomic E-state index is 12.0. The number of carbonyl (C=O) groups is 2. The van der Waals surface area contributed by atoms with Crippen LogP contribution in [0.15, 0.2) is 30.3 Å². The van der Waals surface area contributed by atoms with E-state index in [1.54, 1.807) is 12.1 Å². The van der Waals surface area contributed by atoms with Gasteiger partial charge in [0.25, 0.3) is 0 Å². The molecule has 0 aliphatic carbocycles. The molecule has 1 heterocycles. The zero-order valence-electron chi connectivity index (χ0n) is 13.7. The highest BCUT2D eigenvalue weighted by Gasteiger charge is 2.47. The molecule has 0 amide bonds. The first kappa shape index (κ1) is 18.9. The van der Waals surface area contributed by atoms with Crippen LogP contribution in [0.25, 0.3) is 6.08 Å². The summed E-state index contributed by atoms with van der Waals surface area (Å²) in [6.45, 7) is 2.63. The van der Waals surface area contributed by atoms with Gasteiger partial charge in [0.05, 0.1) is 6.10 Å². The predicted molar refractivity (Wildman–Crippen MR) is 85.1 cm³/mol. The highest BCUT2D eigenvalue weighted by molar-refractivity contribution is 5.87. The molecule has 1 fully saturated rings. The molecule has 1 aliphatic heterocycles. The molecule has 1 aromatic carbocycles. The standard InChI is InChI=1S/C17H20O8/c1-9-14(21)15(24-10(2)18)16(17(22)23-9)25-13(20)8-5-11-3-6-12(19)7-4-11/h3-9,14-17,19,21-22H,1-2H3/b8-5+/t9-,14-,15+,16+,17+/m0/s1. The van der Waals surface area contributed by atoms with Crippen molar-refractivity contribution in [2.45, 2.75) is 44.6 Å². The fourth-order valence-corrected chi connectivity index (χ4v) is 2.38. The molecule has 1 saturated heterocycles. The van der Waals surface area contributed by atoms with Crippen LogP contribution in [-0.2, 0) is 23.8 Å². The summed E-state index contributed by atoms with van der Waals surface area (Å²) in [6, 6.07) is 6.09. The van der Waals surface area contributed by atoms with Gasteiger partial charge in [-0.1, -0.05) is 12.1 Å². The van der Waals surface area contributed by atoms with Crippen LogP contribution in [0, 0.1) is 0 Å². The van der Waals surface area contributed by atoms with Crippen LogP contribution in [0.4, 0.5) is 0 Å². The Kier molecular flexibility index (Phi) is 6.13. The molecule has 0 bridgehead atoms. The third kappa shape index (κ3) is 5.02. The largest absolute Gasteiger partial charge is 0.508 e. The van der Waals surface area contributed by atoms with Crippen LogP contribution < -0.4 is 0 Å². The number of esters is 2. The van der Waals surface area contributed by atoms with Gasteiger partial charge in [-0.25, -0.2) is 4.79 Å². The Balaban J connectivity index is 2.07. The zero-order valence-corrected chi connectivity index (χ0v) is 13.7. The number of ether oxygens (including phenoxy) is 3. The summed E-state index contributed by atoms with van der Waals surface area (Å²) in [5.41, 5.74) is 0.639. The molecule has 0 spiro atoms. The summed E-state index contributed by atoms with van der Waals surface area (Å²) in [6.07, 6.45) is -3.68. The first-order valence-corrected chi connectivity index (χ1v) is 7.64. The maximum Gasteiger partial charge on any atom is 0.331 e. The average Bonchev–Trinajstić information content (AvgIpc) is 2.55. The van der Waals surface area contributed by atoms with Gasteiger partial charge < -0.3 is 29.5 Å². The highest BCUT2D eigenvalue weighted by atomic mass is 16.7. The van der Waals surface area contributed by atoms with Gasteiger partial charge >= 0.3 is 11.9 Å². The molecule has 2 rings (SSSR count). The molecule has 0 aromatic heterocycles. The van der Waals surface area contributed by atoms with Gasteiger partial charge in [0.15, 0.2) is 18.5 Å². The number of aromatic hydroxyl groups is 1. The molecule has 0 radical (unpaired) electrons. The topological polar surface area (TPSA) is 123 Å². The Morgan fingerprint density at radius 2 is 1.76 bits per heavy atom. The lowest BCUT2D eigenvalue weighted by Gasteiger charge is -2.40. The normalized spacial score (nSPS) is 29.4. The lowest BCUT2D eigenvalue weighted by Crippen LogP contribution is -2.59. The lowest BCUT2D eigenvalue weighted by atomic mass is 9.99. The van der Waals surface area contributed by atoms with Crippen LogP contribution in [0.1, 0.15) is 19.4 Å². The van der Waals surface area contributed by atoms with Gasteiger partial charge in [0.1, 0.15) is 11.9 Å². The first-order valence-electron chi connectivity index (χ1n) is 7.64. The van der Waals surface area contributed by atoms with Gasteiger partial charge in [-0.2, -0.15) is 0 Å². The van der Waals surface area contributed by atoms with E-state index < -0.39 is 42.6 Å². The number of aliphatic hydroxyl groups excluding tert-OH is 2. The molecule has 136 valence electrons. The first-order chi connectivity index (χ1) is 11.8. The van der Waals surface area contributed by atoms with E-state index in [0.717, 1.165) is 13.0 Å². The van der Waals surface area contributed by atoms with Crippen LogP contribution in [-0.4, -0.2) is 58.0 Å². The van der Waals surface area contributed by atoms with E-state index in [4.69, 9.17) is 14.2 Å². The van der Waals surface area contributed by atoms with Crippen molar-refractivity contribution in [1.29, 1.82) is 0 Å². The molecular weight excluding hydrogens is 332 g/mol. The molecule has 8 nitrogen and oxygen atoms in total. The van der Waals surface area contributed by atoms with E-state index in [-0.39, 0.29) is 5.75 Å². The van der Waals surface area contributed by atoms with Crippen LogP contribution in [0.5, 0.6) is 5.75 Å². The second-order valence-corrected chi connectivity index (χ2v) is 5.62. The molecule has 5 atom stereocenters. The van der Waals surface area contributed by atoms with Gasteiger partial charge in [-0.15, -0.1) is 0 Å². The van der Waals surface area contributed by atoms with Crippen molar-refractivity contribution in [3.8, 4) is 5.75 Å². The number of hydrogen-bond donors (Lipinski definition) is 3. The van der Waals surface area contributed by atoms with Crippen molar-refractivity contribution in [3.63, 3.8) is 0 Å². The molecular formula is C17H20O8. The van der Waals surface area contributed by atoms with E-state index in [9.17, 15) is 24.9 Å². The SMILES string of the molecule is CC(=O)O[C@@H]1[C@@H](O)[C@H](C)O[C@@H](O)[C@@H]1OC(=O)/C=C/c1ccc(O)cc1. The van der Waals surface area contributed by atoms with E-state index in [0.29, 0.717) is 5.56 Å². The lowest BCUT2D eigenvalue weighted by molar-refractivity contribution is -0.284. The van der Waals surface area contributed by atoms with E-state index in [1.807, 2.05) is 0 Å². The molecule has 1 aliphatic rings. The minimum absolute atomic E-state index is 0.0922. The van der Waals surface area contributed by atoms with Crippen molar-refractivity contribution >= 4 is 18.0 Å². The number of phenols is 1. The van der Waals surface area contributed by atoms with E-state index in [1.165, 1.54) is 25.1 Å². The Hall–Kier alpha value is -2.42. The second kappa shape index (κ2) is 8.11.